The standard InChI is InChI=1S/C39H36ClF3N4O9/c1-3-51-35-34(52-21-24-9-7-23(2)8-10-24)33(56-37(49)46-28-15-11-26(12-16-28)39(41,42)43)32(55-38(50)47-30-6-4-5-25(19-30)20-44)31(54-35)22-53-36(48)45-29-17-13-27(40)14-18-29/h4-19,31-35H,3,21-22H2,1-2H3,(H,45,48)(H,46,49)(H,47,50)/t31-,32-,33+,34-,35-/m1/s1. The molecule has 13 nitrogen and oxygen atoms in total. The molecule has 0 saturated carbocycles. The summed E-state index contributed by atoms with van der Waals surface area (Å²) in [6, 6.07) is 25.1. The highest BCUT2D eigenvalue weighted by atomic mass is 35.5. The van der Waals surface area contributed by atoms with E-state index in [0.717, 1.165) is 35.4 Å². The second kappa shape index (κ2) is 19.1. The van der Waals surface area contributed by atoms with Crippen LogP contribution in [-0.4, -0.2) is 62.2 Å². The molecule has 0 aromatic heterocycles. The average molecular weight is 797 g/mol. The maximum Gasteiger partial charge on any atom is 0.416 e. The SMILES string of the molecule is CCO[C@@H]1O[C@H](COC(=O)Nc2ccc(Cl)cc2)[C@@H](OC(=O)Nc2cccc(C#N)c2)[C@H](OC(=O)Nc2ccc(C(F)(F)F)cc2)[C@H]1OCc1ccc(C)cc1. The third kappa shape index (κ3) is 11.8. The number of nitrogens with zero attached hydrogens (tertiary/aromatic N) is 1. The number of anilines is 3. The van der Waals surface area contributed by atoms with E-state index < -0.39 is 67.3 Å². The van der Waals surface area contributed by atoms with E-state index in [1.165, 1.54) is 24.3 Å². The number of nitrogens with one attached hydrogen (secondary N) is 3. The zero-order valence-corrected chi connectivity index (χ0v) is 30.6. The number of rotatable bonds is 12. The number of hydrogen-bond acceptors (Lipinski definition) is 10. The number of amides is 3. The van der Waals surface area contributed by atoms with Gasteiger partial charge in [-0.05, 0) is 86.1 Å². The van der Waals surface area contributed by atoms with Gasteiger partial charge in [0.1, 0.15) is 18.8 Å². The van der Waals surface area contributed by atoms with Gasteiger partial charge in [0.2, 0.25) is 0 Å². The summed E-state index contributed by atoms with van der Waals surface area (Å²) in [6.45, 7) is 3.03. The number of carbonyl (C=O) groups is 3. The quantitative estimate of drug-likeness (QED) is 0.118. The van der Waals surface area contributed by atoms with Crippen LogP contribution < -0.4 is 16.0 Å². The first kappa shape index (κ1) is 41.3. The third-order valence-electron chi connectivity index (χ3n) is 8.14. The summed E-state index contributed by atoms with van der Waals surface area (Å²) >= 11 is 5.94. The molecule has 4 aromatic rings. The summed E-state index contributed by atoms with van der Waals surface area (Å²) in [5.41, 5.74) is 1.52. The first-order chi connectivity index (χ1) is 26.8. The van der Waals surface area contributed by atoms with E-state index in [-0.39, 0.29) is 30.2 Å². The summed E-state index contributed by atoms with van der Waals surface area (Å²) in [7, 11) is 0. The fraction of sp³-hybridized carbons (Fsp3) is 0.282. The Morgan fingerprint density at radius 2 is 1.39 bits per heavy atom. The van der Waals surface area contributed by atoms with Gasteiger partial charge in [-0.15, -0.1) is 0 Å². The zero-order chi connectivity index (χ0) is 40.2. The molecule has 5 rings (SSSR count). The van der Waals surface area contributed by atoms with Crippen molar-refractivity contribution in [3.8, 4) is 6.07 Å². The number of ether oxygens (including phenoxy) is 6. The number of halogens is 4. The zero-order valence-electron chi connectivity index (χ0n) is 29.9. The molecule has 0 bridgehead atoms. The Kier molecular flexibility index (Phi) is 14.1. The minimum Gasteiger partial charge on any atom is -0.446 e. The van der Waals surface area contributed by atoms with Crippen LogP contribution >= 0.6 is 11.6 Å². The van der Waals surface area contributed by atoms with Crippen molar-refractivity contribution in [3.05, 3.63) is 124 Å². The van der Waals surface area contributed by atoms with Gasteiger partial charge in [0.25, 0.3) is 0 Å². The molecule has 1 fully saturated rings. The van der Waals surface area contributed by atoms with Crippen LogP contribution in [0.15, 0.2) is 97.1 Å². The predicted molar refractivity (Wildman–Crippen MR) is 197 cm³/mol. The molecule has 0 spiro atoms. The van der Waals surface area contributed by atoms with Gasteiger partial charge < -0.3 is 28.4 Å². The highest BCUT2D eigenvalue weighted by molar-refractivity contribution is 6.30. The van der Waals surface area contributed by atoms with Crippen molar-refractivity contribution < 1.29 is 56.0 Å². The third-order valence-corrected chi connectivity index (χ3v) is 8.39. The first-order valence-electron chi connectivity index (χ1n) is 17.1. The van der Waals surface area contributed by atoms with E-state index in [1.807, 2.05) is 37.3 Å². The molecule has 3 amide bonds. The van der Waals surface area contributed by atoms with Crippen LogP contribution in [0.3, 0.4) is 0 Å². The van der Waals surface area contributed by atoms with Crippen LogP contribution in [0, 0.1) is 18.3 Å². The van der Waals surface area contributed by atoms with Crippen molar-refractivity contribution in [2.75, 3.05) is 29.2 Å². The summed E-state index contributed by atoms with van der Waals surface area (Å²) in [5, 5.41) is 17.2. The van der Waals surface area contributed by atoms with Crippen LogP contribution in [0.25, 0.3) is 0 Å². The summed E-state index contributed by atoms with van der Waals surface area (Å²) < 4.78 is 75.1. The van der Waals surface area contributed by atoms with Crippen molar-refractivity contribution in [1.82, 2.24) is 0 Å². The van der Waals surface area contributed by atoms with Crippen molar-refractivity contribution in [2.24, 2.45) is 0 Å². The van der Waals surface area contributed by atoms with Gasteiger partial charge in [0.05, 0.1) is 23.8 Å². The lowest BCUT2D eigenvalue weighted by atomic mass is 9.98. The number of benzene rings is 4. The van der Waals surface area contributed by atoms with Crippen LogP contribution in [-0.2, 0) is 41.2 Å². The van der Waals surface area contributed by atoms with Gasteiger partial charge in [-0.25, -0.2) is 14.4 Å². The molecule has 5 atom stereocenters. The van der Waals surface area contributed by atoms with Crippen LogP contribution in [0.2, 0.25) is 5.02 Å². The van der Waals surface area contributed by atoms with Crippen molar-refractivity contribution in [2.45, 2.75) is 57.3 Å². The van der Waals surface area contributed by atoms with Gasteiger partial charge in [-0.3, -0.25) is 16.0 Å². The Balaban J connectivity index is 1.46. The van der Waals surface area contributed by atoms with E-state index in [2.05, 4.69) is 16.0 Å². The lowest BCUT2D eigenvalue weighted by Gasteiger charge is -2.44. The minimum atomic E-state index is -4.61. The van der Waals surface area contributed by atoms with Crippen molar-refractivity contribution in [3.63, 3.8) is 0 Å². The van der Waals surface area contributed by atoms with E-state index in [9.17, 15) is 32.8 Å². The van der Waals surface area contributed by atoms with Crippen LogP contribution in [0.4, 0.5) is 44.6 Å². The number of hydrogen-bond donors (Lipinski definition) is 3. The van der Waals surface area contributed by atoms with E-state index in [4.69, 9.17) is 40.0 Å². The highest BCUT2D eigenvalue weighted by Crippen LogP contribution is 2.32. The number of aryl methyl sites for hydroxylation is 1. The summed E-state index contributed by atoms with van der Waals surface area (Å²) in [5.74, 6) is 0. The molecule has 0 radical (unpaired) electrons. The van der Waals surface area contributed by atoms with Crippen molar-refractivity contribution in [1.29, 1.82) is 5.26 Å². The lowest BCUT2D eigenvalue weighted by Crippen LogP contribution is -2.63. The normalized spacial score (nSPS) is 19.2. The minimum absolute atomic E-state index is 0.0418. The lowest BCUT2D eigenvalue weighted by molar-refractivity contribution is -0.308. The monoisotopic (exact) mass is 796 g/mol. The smallest absolute Gasteiger partial charge is 0.416 e. The number of carbonyl (C=O) groups excluding carboxylic acids is 3. The molecule has 3 N–H and O–H groups in total. The Morgan fingerprint density at radius 3 is 2.02 bits per heavy atom. The van der Waals surface area contributed by atoms with E-state index >= 15 is 0 Å². The maximum atomic E-state index is 13.5. The molecule has 1 aliphatic heterocycles. The van der Waals surface area contributed by atoms with Gasteiger partial charge in [0.15, 0.2) is 18.5 Å². The summed E-state index contributed by atoms with van der Waals surface area (Å²) in [6.07, 6.45) is -14.8. The molecular formula is C39H36ClF3N4O9. The molecule has 1 aliphatic rings. The fourth-order valence-electron chi connectivity index (χ4n) is 5.44. The van der Waals surface area contributed by atoms with Crippen molar-refractivity contribution >= 4 is 46.9 Å². The second-order valence-electron chi connectivity index (χ2n) is 12.2. The Labute approximate surface area is 324 Å². The molecule has 0 aliphatic carbocycles. The fourth-order valence-corrected chi connectivity index (χ4v) is 5.56. The Morgan fingerprint density at radius 1 is 0.786 bits per heavy atom. The van der Waals surface area contributed by atoms with Gasteiger partial charge in [-0.1, -0.05) is 47.5 Å². The predicted octanol–water partition coefficient (Wildman–Crippen LogP) is 8.67. The molecule has 17 heteroatoms. The maximum absolute atomic E-state index is 13.5. The van der Waals surface area contributed by atoms with Gasteiger partial charge >= 0.3 is 24.5 Å². The molecule has 1 heterocycles. The molecule has 294 valence electrons. The van der Waals surface area contributed by atoms with E-state index in [0.29, 0.717) is 10.7 Å². The second-order valence-corrected chi connectivity index (χ2v) is 12.7. The molecule has 1 saturated heterocycles. The molecule has 56 heavy (non-hydrogen) atoms. The highest BCUT2D eigenvalue weighted by Gasteiger charge is 2.52. The van der Waals surface area contributed by atoms with Gasteiger partial charge in [-0.2, -0.15) is 18.4 Å². The first-order valence-corrected chi connectivity index (χ1v) is 17.5. The summed E-state index contributed by atoms with van der Waals surface area (Å²) in [4.78, 5) is 39.8. The van der Waals surface area contributed by atoms with Crippen LogP contribution in [0.1, 0.15) is 29.2 Å². The van der Waals surface area contributed by atoms with Crippen LogP contribution in [0.5, 0.6) is 0 Å². The van der Waals surface area contributed by atoms with E-state index in [1.54, 1.807) is 31.2 Å². The topological polar surface area (TPSA) is 166 Å². The Hall–Kier alpha value is -5.86. The largest absolute Gasteiger partial charge is 0.446 e. The average Bonchev–Trinajstić information content (AvgIpc) is 3.16. The molecule has 4 aromatic carbocycles. The Bertz CT molecular complexity index is 2000. The van der Waals surface area contributed by atoms with Gasteiger partial charge in [0, 0.05) is 28.7 Å². The molecular weight excluding hydrogens is 761 g/mol. The number of alkyl halides is 3. The molecule has 0 unspecified atom stereocenters. The number of nitriles is 1.